The van der Waals surface area contributed by atoms with Gasteiger partial charge in [0.1, 0.15) is 22.3 Å². The predicted molar refractivity (Wildman–Crippen MR) is 131 cm³/mol. The number of alkyl halides is 2. The van der Waals surface area contributed by atoms with Gasteiger partial charge in [0.15, 0.2) is 5.82 Å². The highest BCUT2D eigenvalue weighted by molar-refractivity contribution is 6.29. The summed E-state index contributed by atoms with van der Waals surface area (Å²) in [6, 6.07) is 6.26. The number of pyridine rings is 2. The molecule has 0 saturated heterocycles. The van der Waals surface area contributed by atoms with Gasteiger partial charge in [0, 0.05) is 43.7 Å². The average Bonchev–Trinajstić information content (AvgIpc) is 3.19. The summed E-state index contributed by atoms with van der Waals surface area (Å²) in [6.07, 6.45) is 6.42. The van der Waals surface area contributed by atoms with Gasteiger partial charge in [0.05, 0.1) is 24.2 Å². The summed E-state index contributed by atoms with van der Waals surface area (Å²) in [5, 5.41) is 7.87. The highest BCUT2D eigenvalue weighted by Gasteiger charge is 2.18. The maximum absolute atomic E-state index is 12.4. The van der Waals surface area contributed by atoms with Gasteiger partial charge in [0.2, 0.25) is 5.88 Å². The van der Waals surface area contributed by atoms with Gasteiger partial charge in [-0.1, -0.05) is 11.6 Å². The molecule has 13 heteroatoms. The Morgan fingerprint density at radius 2 is 1.92 bits per heavy atom. The van der Waals surface area contributed by atoms with Crippen molar-refractivity contribution in [3.63, 3.8) is 0 Å². The number of nitrogens with two attached hydrogens (primary N) is 1. The van der Waals surface area contributed by atoms with Crippen molar-refractivity contribution in [2.24, 2.45) is 7.05 Å². The topological polar surface area (TPSA) is 126 Å². The number of ether oxygens (including phenoxy) is 2. The lowest BCUT2D eigenvalue weighted by atomic mass is 10.1. The molecule has 0 radical (unpaired) electrons. The second-order valence-electron chi connectivity index (χ2n) is 7.75. The Morgan fingerprint density at radius 1 is 1.08 bits per heavy atom. The molecule has 0 bridgehead atoms. The normalized spacial score (nSPS) is 11.9. The summed E-state index contributed by atoms with van der Waals surface area (Å²) < 4.78 is 36.9. The van der Waals surface area contributed by atoms with Gasteiger partial charge in [-0.15, -0.1) is 0 Å². The minimum atomic E-state index is -2.92. The van der Waals surface area contributed by atoms with Crippen LogP contribution in [0.25, 0.3) is 22.6 Å². The van der Waals surface area contributed by atoms with Crippen LogP contribution >= 0.6 is 11.6 Å². The maximum Gasteiger partial charge on any atom is 0.387 e. The highest BCUT2D eigenvalue weighted by atomic mass is 35.5. The highest BCUT2D eigenvalue weighted by Crippen LogP contribution is 2.30. The van der Waals surface area contributed by atoms with Crippen molar-refractivity contribution in [3.8, 4) is 34.3 Å². The van der Waals surface area contributed by atoms with Gasteiger partial charge in [-0.3, -0.25) is 4.98 Å². The fourth-order valence-corrected chi connectivity index (χ4v) is 3.53. The molecule has 4 aromatic rings. The summed E-state index contributed by atoms with van der Waals surface area (Å²) in [4.78, 5) is 16.8. The minimum Gasteiger partial charge on any atom is -0.474 e. The molecule has 3 N–H and O–H groups in total. The van der Waals surface area contributed by atoms with Crippen LogP contribution in [0.4, 0.5) is 20.3 Å². The fourth-order valence-electron chi connectivity index (χ4n) is 3.37. The van der Waals surface area contributed by atoms with E-state index in [1.807, 2.05) is 6.92 Å². The molecular weight excluding hydrogens is 494 g/mol. The average molecular weight is 517 g/mol. The Labute approximate surface area is 210 Å². The lowest BCUT2D eigenvalue weighted by Crippen LogP contribution is -2.19. The molecule has 4 rings (SSSR count). The third-order valence-electron chi connectivity index (χ3n) is 5.09. The Morgan fingerprint density at radius 3 is 2.64 bits per heavy atom. The van der Waals surface area contributed by atoms with E-state index in [1.165, 1.54) is 12.3 Å². The first-order chi connectivity index (χ1) is 17.3. The van der Waals surface area contributed by atoms with E-state index in [9.17, 15) is 8.78 Å². The second-order valence-corrected chi connectivity index (χ2v) is 8.13. The minimum absolute atomic E-state index is 0.0331. The molecule has 4 aromatic heterocycles. The molecule has 188 valence electrons. The first-order valence-corrected chi connectivity index (χ1v) is 11.3. The van der Waals surface area contributed by atoms with E-state index in [0.29, 0.717) is 58.1 Å². The van der Waals surface area contributed by atoms with Gasteiger partial charge in [-0.25, -0.2) is 19.6 Å². The number of halogens is 3. The molecule has 0 aliphatic carbocycles. The number of aryl methyl sites for hydroxylation is 1. The number of nitrogens with zero attached hydrogens (tertiary/aromatic N) is 6. The summed E-state index contributed by atoms with van der Waals surface area (Å²) >= 11 is 6.10. The van der Waals surface area contributed by atoms with Crippen LogP contribution in [0.2, 0.25) is 5.15 Å². The number of hydrogen-bond donors (Lipinski definition) is 2. The third kappa shape index (κ3) is 6.13. The molecule has 0 spiro atoms. The number of nitrogens with one attached hydrogen (secondary N) is 1. The molecule has 4 heterocycles. The van der Waals surface area contributed by atoms with Crippen LogP contribution in [0.15, 0.2) is 49.1 Å². The lowest BCUT2D eigenvalue weighted by molar-refractivity contribution is -0.0500. The Hall–Kier alpha value is -4.06. The van der Waals surface area contributed by atoms with Gasteiger partial charge in [-0.2, -0.15) is 13.9 Å². The molecule has 0 aliphatic heterocycles. The molecule has 36 heavy (non-hydrogen) atoms. The number of nitrogen functional groups attached to an aromatic ring is 1. The summed E-state index contributed by atoms with van der Waals surface area (Å²) in [5.41, 5.74) is 8.29. The van der Waals surface area contributed by atoms with Crippen molar-refractivity contribution in [2.75, 3.05) is 17.6 Å². The van der Waals surface area contributed by atoms with E-state index in [-0.39, 0.29) is 11.9 Å². The standard InChI is InChI=1S/C23H23ClF2N8O2/c1-13(35-22-16(12-32-34(22)2)21-29-8-6-20(27)33-21)5-7-28-18-9-19(24)31-11-15(18)17-4-3-14(10-30-17)36-23(25)26/h3-4,6,8-13,23H,5,7H2,1-2H3,(H,28,31)(H2,27,29,33)/t13-/m0/s1. The van der Waals surface area contributed by atoms with Crippen LogP contribution in [-0.2, 0) is 7.05 Å². The first kappa shape index (κ1) is 25.0. The van der Waals surface area contributed by atoms with Gasteiger partial charge in [-0.05, 0) is 31.2 Å². The quantitative estimate of drug-likeness (QED) is 0.294. The third-order valence-corrected chi connectivity index (χ3v) is 5.30. The van der Waals surface area contributed by atoms with Gasteiger partial charge in [0.25, 0.3) is 0 Å². The molecule has 0 unspecified atom stereocenters. The molecule has 0 aliphatic rings. The van der Waals surface area contributed by atoms with Crippen molar-refractivity contribution >= 4 is 23.1 Å². The van der Waals surface area contributed by atoms with E-state index in [0.717, 1.165) is 0 Å². The van der Waals surface area contributed by atoms with Crippen molar-refractivity contribution in [1.29, 1.82) is 0 Å². The number of hydrogen-bond acceptors (Lipinski definition) is 9. The molecule has 0 saturated carbocycles. The van der Waals surface area contributed by atoms with Gasteiger partial charge < -0.3 is 20.5 Å². The molecule has 0 fully saturated rings. The maximum atomic E-state index is 12.4. The van der Waals surface area contributed by atoms with E-state index in [1.54, 1.807) is 48.5 Å². The zero-order valence-corrected chi connectivity index (χ0v) is 20.2. The Balaban J connectivity index is 1.42. The van der Waals surface area contributed by atoms with E-state index >= 15 is 0 Å². The molecule has 0 aromatic carbocycles. The lowest BCUT2D eigenvalue weighted by Gasteiger charge is -2.17. The van der Waals surface area contributed by atoms with Crippen LogP contribution in [0.5, 0.6) is 11.6 Å². The van der Waals surface area contributed by atoms with E-state index < -0.39 is 6.61 Å². The van der Waals surface area contributed by atoms with Crippen molar-refractivity contribution in [1.82, 2.24) is 29.7 Å². The number of aromatic nitrogens is 6. The van der Waals surface area contributed by atoms with Crippen LogP contribution in [-0.4, -0.2) is 49.0 Å². The molecule has 1 atom stereocenters. The molecule has 0 amide bonds. The fraction of sp³-hybridized carbons (Fsp3) is 0.261. The summed E-state index contributed by atoms with van der Waals surface area (Å²) in [6.45, 7) is -0.456. The number of rotatable bonds is 10. The Bertz CT molecular complexity index is 1320. The zero-order chi connectivity index (χ0) is 25.7. The zero-order valence-electron chi connectivity index (χ0n) is 19.4. The molecular formula is C23H23ClF2N8O2. The summed E-state index contributed by atoms with van der Waals surface area (Å²) in [7, 11) is 1.77. The second kappa shape index (κ2) is 11.1. The monoisotopic (exact) mass is 516 g/mol. The largest absolute Gasteiger partial charge is 0.474 e. The number of anilines is 2. The van der Waals surface area contributed by atoms with Crippen LogP contribution in [0, 0.1) is 0 Å². The van der Waals surface area contributed by atoms with Crippen molar-refractivity contribution in [2.45, 2.75) is 26.1 Å². The SMILES string of the molecule is C[C@@H](CCNc1cc(Cl)ncc1-c1ccc(OC(F)F)cn1)Oc1c(-c2nccc(N)n2)cnn1C. The van der Waals surface area contributed by atoms with Crippen molar-refractivity contribution in [3.05, 3.63) is 54.2 Å². The van der Waals surface area contributed by atoms with Gasteiger partial charge >= 0.3 is 6.61 Å². The van der Waals surface area contributed by atoms with Crippen LogP contribution in [0.3, 0.4) is 0 Å². The van der Waals surface area contributed by atoms with Crippen LogP contribution in [0.1, 0.15) is 13.3 Å². The van der Waals surface area contributed by atoms with E-state index in [4.69, 9.17) is 22.1 Å². The first-order valence-electron chi connectivity index (χ1n) is 10.9. The van der Waals surface area contributed by atoms with Crippen molar-refractivity contribution < 1.29 is 18.3 Å². The Kier molecular flexibility index (Phi) is 7.74. The predicted octanol–water partition coefficient (Wildman–Crippen LogP) is 4.44. The smallest absolute Gasteiger partial charge is 0.387 e. The molecule has 10 nitrogen and oxygen atoms in total. The summed E-state index contributed by atoms with van der Waals surface area (Å²) in [5.74, 6) is 1.27. The van der Waals surface area contributed by atoms with Crippen LogP contribution < -0.4 is 20.5 Å². The van der Waals surface area contributed by atoms with E-state index in [2.05, 4.69) is 35.1 Å².